The number of hydrogen-bond acceptors (Lipinski definition) is 2. The van der Waals surface area contributed by atoms with E-state index in [4.69, 9.17) is 10.2 Å². The molecule has 0 aliphatic heterocycles. The predicted octanol–water partition coefficient (Wildman–Crippen LogP) is -0.649. The van der Waals surface area contributed by atoms with Gasteiger partial charge >= 0.3 is 63.3 Å². The maximum Gasteiger partial charge on any atom is 1.00 e. The van der Waals surface area contributed by atoms with E-state index in [1.807, 2.05) is 13.8 Å². The molecule has 16 heavy (non-hydrogen) atoms. The molecule has 0 saturated carbocycles. The van der Waals surface area contributed by atoms with Crippen molar-refractivity contribution in [3.63, 3.8) is 0 Å². The van der Waals surface area contributed by atoms with Crippen LogP contribution in [-0.2, 0) is 9.59 Å². The molecule has 2 atom stereocenters. The van der Waals surface area contributed by atoms with Gasteiger partial charge in [-0.25, -0.2) is 0 Å². The van der Waals surface area contributed by atoms with E-state index in [2.05, 4.69) is 0 Å². The molecule has 0 radical (unpaired) electrons. The zero-order chi connectivity index (χ0) is 12.0. The van der Waals surface area contributed by atoms with Crippen molar-refractivity contribution in [1.29, 1.82) is 0 Å². The average Bonchev–Trinajstić information content (AvgIpc) is 2.12. The van der Waals surface area contributed by atoms with Gasteiger partial charge in [-0.15, -0.1) is 0 Å². The standard InChI is InChI=1S/C11H20O4.K.H/c1-4-6-8(5-2)7(3)9(10(12)13)11(14)15;;/h7-9H,4-6H2,1-3H3,(H,12,13)(H,14,15);;/q;+1;-1. The summed E-state index contributed by atoms with van der Waals surface area (Å²) in [6, 6.07) is 0. The molecule has 0 heterocycles. The molecule has 0 bridgehead atoms. The third-order valence-electron chi connectivity index (χ3n) is 2.99. The van der Waals surface area contributed by atoms with Crippen LogP contribution in [0.1, 0.15) is 41.5 Å². The Kier molecular flexibility index (Phi) is 11.3. The van der Waals surface area contributed by atoms with Crippen LogP contribution in [0.4, 0.5) is 0 Å². The first-order chi connectivity index (χ1) is 6.95. The van der Waals surface area contributed by atoms with Gasteiger partial charge < -0.3 is 11.6 Å². The fourth-order valence-electron chi connectivity index (χ4n) is 2.04. The normalized spacial score (nSPS) is 14.0. The van der Waals surface area contributed by atoms with E-state index < -0.39 is 17.9 Å². The van der Waals surface area contributed by atoms with E-state index >= 15 is 0 Å². The van der Waals surface area contributed by atoms with Gasteiger partial charge in [-0.3, -0.25) is 9.59 Å². The van der Waals surface area contributed by atoms with Crippen molar-refractivity contribution >= 4 is 11.9 Å². The molecule has 5 heteroatoms. The van der Waals surface area contributed by atoms with Crippen LogP contribution in [-0.4, -0.2) is 22.2 Å². The van der Waals surface area contributed by atoms with Crippen molar-refractivity contribution in [2.75, 3.05) is 0 Å². The molecule has 2 unspecified atom stereocenters. The molecule has 0 aromatic rings. The summed E-state index contributed by atoms with van der Waals surface area (Å²) in [7, 11) is 0. The summed E-state index contributed by atoms with van der Waals surface area (Å²) in [5.41, 5.74) is 0. The van der Waals surface area contributed by atoms with Crippen LogP contribution >= 0.6 is 0 Å². The van der Waals surface area contributed by atoms with Crippen molar-refractivity contribution < 1.29 is 72.6 Å². The van der Waals surface area contributed by atoms with Crippen LogP contribution in [0.5, 0.6) is 0 Å². The van der Waals surface area contributed by atoms with Crippen LogP contribution in [0.25, 0.3) is 0 Å². The molecule has 0 aromatic heterocycles. The topological polar surface area (TPSA) is 74.6 Å². The summed E-state index contributed by atoms with van der Waals surface area (Å²) in [4.78, 5) is 21.7. The van der Waals surface area contributed by atoms with Gasteiger partial charge in [0.25, 0.3) is 0 Å². The fraction of sp³-hybridized carbons (Fsp3) is 0.818. The largest absolute Gasteiger partial charge is 1.00 e. The molecule has 0 aliphatic carbocycles. The van der Waals surface area contributed by atoms with Crippen molar-refractivity contribution in [2.45, 2.75) is 40.0 Å². The Morgan fingerprint density at radius 3 is 1.88 bits per heavy atom. The third-order valence-corrected chi connectivity index (χ3v) is 2.99. The van der Waals surface area contributed by atoms with E-state index in [0.717, 1.165) is 19.3 Å². The Hall–Kier alpha value is 0.576. The zero-order valence-corrected chi connectivity index (χ0v) is 13.7. The van der Waals surface area contributed by atoms with Crippen molar-refractivity contribution in [2.24, 2.45) is 17.8 Å². The number of rotatable bonds is 7. The quantitative estimate of drug-likeness (QED) is 0.469. The van der Waals surface area contributed by atoms with E-state index in [9.17, 15) is 9.59 Å². The maximum absolute atomic E-state index is 10.8. The second-order valence-electron chi connectivity index (χ2n) is 3.97. The molecular weight excluding hydrogens is 235 g/mol. The SMILES string of the molecule is CCCC(CC)C(C)C(C(=O)O)C(=O)O.[H-].[K+]. The van der Waals surface area contributed by atoms with Gasteiger partial charge in [-0.05, 0) is 11.8 Å². The molecule has 0 amide bonds. The number of carboxylic acids is 2. The minimum Gasteiger partial charge on any atom is -1.00 e. The summed E-state index contributed by atoms with van der Waals surface area (Å²) in [6.45, 7) is 5.71. The first-order valence-corrected chi connectivity index (χ1v) is 5.41. The van der Waals surface area contributed by atoms with E-state index in [1.165, 1.54) is 0 Å². The van der Waals surface area contributed by atoms with Gasteiger partial charge in [0.2, 0.25) is 0 Å². The summed E-state index contributed by atoms with van der Waals surface area (Å²) < 4.78 is 0. The van der Waals surface area contributed by atoms with Gasteiger partial charge in [0.15, 0.2) is 5.92 Å². The second kappa shape index (κ2) is 9.59. The van der Waals surface area contributed by atoms with E-state index in [0.29, 0.717) is 0 Å². The Labute approximate surface area is 141 Å². The van der Waals surface area contributed by atoms with Crippen LogP contribution in [0.2, 0.25) is 0 Å². The van der Waals surface area contributed by atoms with Crippen molar-refractivity contribution in [1.82, 2.24) is 0 Å². The predicted molar refractivity (Wildman–Crippen MR) is 57.7 cm³/mol. The number of hydrogen-bond donors (Lipinski definition) is 2. The molecule has 0 saturated heterocycles. The fourth-order valence-corrected chi connectivity index (χ4v) is 2.04. The van der Waals surface area contributed by atoms with E-state index in [-0.39, 0.29) is 64.6 Å². The second-order valence-corrected chi connectivity index (χ2v) is 3.97. The van der Waals surface area contributed by atoms with Gasteiger partial charge in [-0.1, -0.05) is 40.0 Å². The molecule has 2 N–H and O–H groups in total. The molecule has 4 nitrogen and oxygen atoms in total. The minimum absolute atomic E-state index is 0. The van der Waals surface area contributed by atoms with Gasteiger partial charge in [-0.2, -0.15) is 0 Å². The first kappa shape index (κ1) is 18.9. The third kappa shape index (κ3) is 5.77. The first-order valence-electron chi connectivity index (χ1n) is 5.41. The Morgan fingerprint density at radius 2 is 1.62 bits per heavy atom. The van der Waals surface area contributed by atoms with Gasteiger partial charge in [0.05, 0.1) is 0 Å². The molecule has 0 aliphatic rings. The molecule has 0 fully saturated rings. The molecule has 90 valence electrons. The summed E-state index contributed by atoms with van der Waals surface area (Å²) >= 11 is 0. The van der Waals surface area contributed by atoms with Crippen LogP contribution < -0.4 is 51.4 Å². The minimum atomic E-state index is -1.28. The smallest absolute Gasteiger partial charge is 1.00 e. The number of aliphatic carboxylic acids is 2. The number of carboxylic acid groups (broad SMARTS) is 2. The Balaban J connectivity index is -0.000000980. The van der Waals surface area contributed by atoms with Gasteiger partial charge in [0, 0.05) is 0 Å². The van der Waals surface area contributed by atoms with E-state index in [1.54, 1.807) is 6.92 Å². The number of carbonyl (C=O) groups is 2. The summed E-state index contributed by atoms with van der Waals surface area (Å²) in [5, 5.41) is 17.7. The monoisotopic (exact) mass is 256 g/mol. The van der Waals surface area contributed by atoms with Gasteiger partial charge in [0.1, 0.15) is 0 Å². The Bertz CT molecular complexity index is 222. The zero-order valence-electron chi connectivity index (χ0n) is 11.6. The van der Waals surface area contributed by atoms with Crippen molar-refractivity contribution in [3.05, 3.63) is 0 Å². The maximum atomic E-state index is 10.8. The molecule has 0 spiro atoms. The molecular formula is C11H21KO4. The van der Waals surface area contributed by atoms with Crippen LogP contribution in [0, 0.1) is 17.8 Å². The van der Waals surface area contributed by atoms with Crippen LogP contribution in [0.3, 0.4) is 0 Å². The molecule has 0 rings (SSSR count). The van der Waals surface area contributed by atoms with Crippen molar-refractivity contribution in [3.8, 4) is 0 Å². The summed E-state index contributed by atoms with van der Waals surface area (Å²) in [6.07, 6.45) is 2.66. The average molecular weight is 256 g/mol. The van der Waals surface area contributed by atoms with Crippen LogP contribution in [0.15, 0.2) is 0 Å². The summed E-state index contributed by atoms with van der Waals surface area (Å²) in [5.74, 6) is -3.88. The molecule has 0 aromatic carbocycles. The Morgan fingerprint density at radius 1 is 1.19 bits per heavy atom.